The molecule has 3 rings (SSSR count). The van der Waals surface area contributed by atoms with Crippen LogP contribution in [0.3, 0.4) is 0 Å². The summed E-state index contributed by atoms with van der Waals surface area (Å²) >= 11 is 0. The van der Waals surface area contributed by atoms with Gasteiger partial charge in [0.2, 0.25) is 6.29 Å². The van der Waals surface area contributed by atoms with Gasteiger partial charge in [0.15, 0.2) is 0 Å². The van der Waals surface area contributed by atoms with Crippen molar-refractivity contribution in [3.8, 4) is 5.75 Å². The number of benzene rings is 3. The third kappa shape index (κ3) is 5.71. The summed E-state index contributed by atoms with van der Waals surface area (Å²) in [6.45, 7) is 7.12. The SMILES string of the molecule is CCC(C)c1ccc(OC(Cc2ccccc2C)OCc2ccccc2)cc1. The molecule has 3 aromatic carbocycles. The Labute approximate surface area is 169 Å². The first kappa shape index (κ1) is 20.2. The summed E-state index contributed by atoms with van der Waals surface area (Å²) in [5.41, 5.74) is 4.99. The predicted molar refractivity (Wildman–Crippen MR) is 116 cm³/mol. The van der Waals surface area contributed by atoms with Crippen LogP contribution in [0.5, 0.6) is 5.75 Å². The van der Waals surface area contributed by atoms with Gasteiger partial charge >= 0.3 is 0 Å². The molecule has 3 aromatic rings. The Balaban J connectivity index is 1.72. The molecule has 0 aliphatic carbocycles. The molecule has 0 N–H and O–H groups in total. The Kier molecular flexibility index (Phi) is 7.27. The first-order valence-electron chi connectivity index (χ1n) is 10.1. The van der Waals surface area contributed by atoms with Gasteiger partial charge in [-0.25, -0.2) is 0 Å². The summed E-state index contributed by atoms with van der Waals surface area (Å²) in [7, 11) is 0. The van der Waals surface area contributed by atoms with E-state index in [2.05, 4.69) is 81.4 Å². The van der Waals surface area contributed by atoms with Crippen molar-refractivity contribution >= 4 is 0 Å². The van der Waals surface area contributed by atoms with E-state index in [4.69, 9.17) is 9.47 Å². The first-order valence-corrected chi connectivity index (χ1v) is 10.1. The van der Waals surface area contributed by atoms with E-state index in [0.29, 0.717) is 18.9 Å². The van der Waals surface area contributed by atoms with Crippen LogP contribution in [0.25, 0.3) is 0 Å². The third-order valence-corrected chi connectivity index (χ3v) is 5.26. The second-order valence-electron chi connectivity index (χ2n) is 7.35. The molecule has 2 atom stereocenters. The maximum Gasteiger partial charge on any atom is 0.204 e. The van der Waals surface area contributed by atoms with Crippen molar-refractivity contribution < 1.29 is 9.47 Å². The van der Waals surface area contributed by atoms with Crippen LogP contribution in [0.2, 0.25) is 0 Å². The van der Waals surface area contributed by atoms with E-state index >= 15 is 0 Å². The number of rotatable bonds is 9. The smallest absolute Gasteiger partial charge is 0.204 e. The van der Waals surface area contributed by atoms with Gasteiger partial charge in [-0.2, -0.15) is 0 Å². The topological polar surface area (TPSA) is 18.5 Å². The second kappa shape index (κ2) is 10.1. The summed E-state index contributed by atoms with van der Waals surface area (Å²) in [4.78, 5) is 0. The van der Waals surface area contributed by atoms with Crippen molar-refractivity contribution in [3.63, 3.8) is 0 Å². The lowest BCUT2D eigenvalue weighted by molar-refractivity contribution is -0.0881. The molecule has 146 valence electrons. The molecule has 0 heterocycles. The Morgan fingerprint density at radius 1 is 0.821 bits per heavy atom. The van der Waals surface area contributed by atoms with Crippen molar-refractivity contribution in [2.45, 2.75) is 52.4 Å². The van der Waals surface area contributed by atoms with Crippen LogP contribution >= 0.6 is 0 Å². The Hall–Kier alpha value is -2.58. The van der Waals surface area contributed by atoms with E-state index in [1.54, 1.807) is 0 Å². The zero-order chi connectivity index (χ0) is 19.8. The molecule has 0 bridgehead atoms. The maximum atomic E-state index is 6.24. The Bertz CT molecular complexity index is 840. The lowest BCUT2D eigenvalue weighted by atomic mass is 9.99. The van der Waals surface area contributed by atoms with Crippen LogP contribution < -0.4 is 4.74 Å². The molecule has 0 radical (unpaired) electrons. The Morgan fingerprint density at radius 3 is 2.18 bits per heavy atom. The summed E-state index contributed by atoms with van der Waals surface area (Å²) in [6.07, 6.45) is 1.51. The quantitative estimate of drug-likeness (QED) is 0.389. The highest BCUT2D eigenvalue weighted by molar-refractivity contribution is 5.30. The van der Waals surface area contributed by atoms with Gasteiger partial charge in [-0.15, -0.1) is 0 Å². The number of aryl methyl sites for hydroxylation is 1. The minimum absolute atomic E-state index is 0.337. The zero-order valence-corrected chi connectivity index (χ0v) is 17.1. The number of hydrogen-bond donors (Lipinski definition) is 0. The van der Waals surface area contributed by atoms with Gasteiger partial charge in [0.05, 0.1) is 6.61 Å². The molecule has 0 aromatic heterocycles. The molecular weight excluding hydrogens is 344 g/mol. The zero-order valence-electron chi connectivity index (χ0n) is 17.1. The molecule has 0 spiro atoms. The lowest BCUT2D eigenvalue weighted by Crippen LogP contribution is -2.23. The molecule has 2 nitrogen and oxygen atoms in total. The fourth-order valence-electron chi connectivity index (χ4n) is 3.18. The molecular formula is C26H30O2. The maximum absolute atomic E-state index is 6.24. The largest absolute Gasteiger partial charge is 0.465 e. The van der Waals surface area contributed by atoms with Crippen molar-refractivity contribution in [2.24, 2.45) is 0 Å². The normalized spacial score (nSPS) is 13.1. The summed E-state index contributed by atoms with van der Waals surface area (Å²) in [6, 6.07) is 27.1. The second-order valence-corrected chi connectivity index (χ2v) is 7.35. The molecule has 2 heteroatoms. The third-order valence-electron chi connectivity index (χ3n) is 5.26. The average molecular weight is 375 g/mol. The molecule has 0 fully saturated rings. The summed E-state index contributed by atoms with van der Waals surface area (Å²) in [5.74, 6) is 1.41. The van der Waals surface area contributed by atoms with E-state index in [9.17, 15) is 0 Å². The molecule has 0 saturated carbocycles. The molecule has 2 unspecified atom stereocenters. The van der Waals surface area contributed by atoms with Gasteiger partial charge in [-0.3, -0.25) is 0 Å². The van der Waals surface area contributed by atoms with Crippen LogP contribution in [-0.4, -0.2) is 6.29 Å². The number of hydrogen-bond acceptors (Lipinski definition) is 2. The monoisotopic (exact) mass is 374 g/mol. The van der Waals surface area contributed by atoms with E-state index < -0.39 is 0 Å². The van der Waals surface area contributed by atoms with Gasteiger partial charge in [0.1, 0.15) is 5.75 Å². The predicted octanol–water partition coefficient (Wildman–Crippen LogP) is 6.67. The van der Waals surface area contributed by atoms with Gasteiger partial charge in [-0.1, -0.05) is 80.6 Å². The molecule has 0 amide bonds. The standard InChI is InChI=1S/C26H30O2/c1-4-20(2)23-14-16-25(17-15-23)28-26(18-24-13-9-8-10-21(24)3)27-19-22-11-6-5-7-12-22/h5-17,20,26H,4,18-19H2,1-3H3. The summed E-state index contributed by atoms with van der Waals surface area (Å²) in [5, 5.41) is 0. The molecule has 0 aliphatic rings. The van der Waals surface area contributed by atoms with Crippen molar-refractivity contribution in [2.75, 3.05) is 0 Å². The van der Waals surface area contributed by atoms with E-state index in [1.807, 2.05) is 18.2 Å². The van der Waals surface area contributed by atoms with Gasteiger partial charge in [0, 0.05) is 6.42 Å². The van der Waals surface area contributed by atoms with E-state index in [1.165, 1.54) is 16.7 Å². The van der Waals surface area contributed by atoms with Gasteiger partial charge in [-0.05, 0) is 53.6 Å². The fourth-order valence-corrected chi connectivity index (χ4v) is 3.18. The lowest BCUT2D eigenvalue weighted by Gasteiger charge is -2.21. The van der Waals surface area contributed by atoms with Crippen LogP contribution in [0.15, 0.2) is 78.9 Å². The highest BCUT2D eigenvalue weighted by Gasteiger charge is 2.14. The molecule has 0 aliphatic heterocycles. The van der Waals surface area contributed by atoms with Gasteiger partial charge in [0.25, 0.3) is 0 Å². The van der Waals surface area contributed by atoms with Crippen LogP contribution in [0.1, 0.15) is 48.4 Å². The number of ether oxygens (including phenoxy) is 2. The van der Waals surface area contributed by atoms with Crippen molar-refractivity contribution in [1.82, 2.24) is 0 Å². The van der Waals surface area contributed by atoms with Gasteiger partial charge < -0.3 is 9.47 Å². The average Bonchev–Trinajstić information content (AvgIpc) is 2.74. The fraction of sp³-hybridized carbons (Fsp3) is 0.308. The van der Waals surface area contributed by atoms with Crippen LogP contribution in [-0.2, 0) is 17.8 Å². The highest BCUT2D eigenvalue weighted by Crippen LogP contribution is 2.23. The molecule has 28 heavy (non-hydrogen) atoms. The highest BCUT2D eigenvalue weighted by atomic mass is 16.7. The van der Waals surface area contributed by atoms with Crippen LogP contribution in [0.4, 0.5) is 0 Å². The van der Waals surface area contributed by atoms with E-state index in [0.717, 1.165) is 17.7 Å². The minimum atomic E-state index is -0.337. The van der Waals surface area contributed by atoms with Crippen LogP contribution in [0, 0.1) is 6.92 Å². The van der Waals surface area contributed by atoms with Crippen molar-refractivity contribution in [3.05, 3.63) is 101 Å². The Morgan fingerprint density at radius 2 is 1.50 bits per heavy atom. The first-order chi connectivity index (χ1) is 13.7. The van der Waals surface area contributed by atoms with E-state index in [-0.39, 0.29) is 6.29 Å². The van der Waals surface area contributed by atoms with Crippen molar-refractivity contribution in [1.29, 1.82) is 0 Å². The minimum Gasteiger partial charge on any atom is -0.465 e. The molecule has 0 saturated heterocycles. The summed E-state index contributed by atoms with van der Waals surface area (Å²) < 4.78 is 12.4.